The van der Waals surface area contributed by atoms with Crippen LogP contribution in [-0.2, 0) is 0 Å². The number of nitrogens with one attached hydrogen (secondary N) is 1. The Hall–Kier alpha value is -2.04. The van der Waals surface area contributed by atoms with E-state index in [0.717, 1.165) is 5.69 Å². The number of benzene rings is 1. The molecule has 63 valence electrons. The summed E-state index contributed by atoms with van der Waals surface area (Å²) in [6, 6.07) is 10.1. The average Bonchev–Trinajstić information content (AvgIpc) is 2.69. The van der Waals surface area contributed by atoms with E-state index in [1.54, 1.807) is 18.3 Å². The van der Waals surface area contributed by atoms with Crippen LogP contribution >= 0.6 is 0 Å². The highest BCUT2D eigenvalue weighted by Crippen LogP contribution is 2.13. The van der Waals surface area contributed by atoms with Gasteiger partial charge in [0.25, 0.3) is 0 Å². The topological polar surface area (TPSA) is 66.3 Å². The molecule has 5 nitrogen and oxygen atoms in total. The molecule has 0 fully saturated rings. The third-order valence-corrected chi connectivity index (χ3v) is 1.37. The summed E-state index contributed by atoms with van der Waals surface area (Å²) < 4.78 is 0. The van der Waals surface area contributed by atoms with E-state index >= 15 is 0 Å². The molecular weight excluding hydrogens is 166 g/mol. The summed E-state index contributed by atoms with van der Waals surface area (Å²) in [6.45, 7) is 0. The first-order chi connectivity index (χ1) is 6.45. The molecule has 1 N–H and O–H groups in total. The van der Waals surface area contributed by atoms with Gasteiger partial charge < -0.3 is 0 Å². The predicted octanol–water partition coefficient (Wildman–Crippen LogP) is 2.02. The summed E-state index contributed by atoms with van der Waals surface area (Å²) >= 11 is 0. The fourth-order valence-corrected chi connectivity index (χ4v) is 0.798. The molecule has 1 aromatic heterocycles. The van der Waals surface area contributed by atoms with Crippen molar-refractivity contribution in [2.75, 3.05) is 0 Å². The predicted molar refractivity (Wildman–Crippen MR) is 45.8 cm³/mol. The van der Waals surface area contributed by atoms with Crippen molar-refractivity contribution < 1.29 is 0 Å². The van der Waals surface area contributed by atoms with Gasteiger partial charge >= 0.3 is 0 Å². The molecule has 1 radical (unpaired) electrons. The standard InChI is InChI=1S/C8H6N5/c1-2-4-7(5-3-1)10-11-8-6-9-13-12-8/h2-6H,(H,9,12,13). The first kappa shape index (κ1) is 7.60. The monoisotopic (exact) mass is 172 g/mol. The van der Waals surface area contributed by atoms with Gasteiger partial charge in [-0.3, -0.25) is 5.10 Å². The fraction of sp³-hybridized carbons (Fsp3) is 0. The quantitative estimate of drug-likeness (QED) is 0.704. The zero-order chi connectivity index (χ0) is 8.93. The highest BCUT2D eigenvalue weighted by molar-refractivity contribution is 5.35. The van der Waals surface area contributed by atoms with Crippen LogP contribution in [-0.4, -0.2) is 15.4 Å². The largest absolute Gasteiger partial charge is 0.263 e. The number of H-pyrrole nitrogens is 1. The molecular formula is C8H6N5. The molecule has 1 aromatic carbocycles. The van der Waals surface area contributed by atoms with Gasteiger partial charge in [0.05, 0.1) is 11.9 Å². The van der Waals surface area contributed by atoms with Crippen LogP contribution in [0.4, 0.5) is 11.5 Å². The molecule has 0 aliphatic rings. The van der Waals surface area contributed by atoms with Crippen molar-refractivity contribution in [2.45, 2.75) is 0 Å². The number of rotatable bonds is 2. The van der Waals surface area contributed by atoms with E-state index in [1.807, 2.05) is 12.1 Å². The highest BCUT2D eigenvalue weighted by atomic mass is 15.4. The number of aromatic amines is 1. The lowest BCUT2D eigenvalue weighted by molar-refractivity contribution is 0.935. The van der Waals surface area contributed by atoms with Gasteiger partial charge in [-0.05, 0) is 18.2 Å². The Labute approximate surface area is 74.5 Å². The van der Waals surface area contributed by atoms with Crippen LogP contribution in [0.15, 0.2) is 40.7 Å². The third-order valence-electron chi connectivity index (χ3n) is 1.37. The Morgan fingerprint density at radius 1 is 1.23 bits per heavy atom. The summed E-state index contributed by atoms with van der Waals surface area (Å²) in [4.78, 5) is 0. The Morgan fingerprint density at radius 2 is 2.08 bits per heavy atom. The SMILES string of the molecule is [c]1ccc(N=Nc2c[nH]nn2)cc1. The van der Waals surface area contributed by atoms with Crippen LogP contribution in [0, 0.1) is 6.07 Å². The zero-order valence-electron chi connectivity index (χ0n) is 6.68. The summed E-state index contributed by atoms with van der Waals surface area (Å²) in [7, 11) is 0. The van der Waals surface area contributed by atoms with Crippen LogP contribution in [0.25, 0.3) is 0 Å². The first-order valence-electron chi connectivity index (χ1n) is 3.69. The van der Waals surface area contributed by atoms with Crippen molar-refractivity contribution in [2.24, 2.45) is 10.2 Å². The van der Waals surface area contributed by atoms with Gasteiger partial charge in [0.1, 0.15) is 0 Å². The van der Waals surface area contributed by atoms with Gasteiger partial charge in [0, 0.05) is 0 Å². The summed E-state index contributed by atoms with van der Waals surface area (Å²) in [6.07, 6.45) is 1.57. The lowest BCUT2D eigenvalue weighted by Crippen LogP contribution is -1.65. The maximum Gasteiger partial charge on any atom is 0.215 e. The molecule has 0 bridgehead atoms. The lowest BCUT2D eigenvalue weighted by atomic mass is 10.3. The summed E-state index contributed by atoms with van der Waals surface area (Å²) in [5.41, 5.74) is 0.766. The van der Waals surface area contributed by atoms with Crippen molar-refractivity contribution in [3.63, 3.8) is 0 Å². The number of aromatic nitrogens is 3. The second-order valence-electron chi connectivity index (χ2n) is 2.29. The zero-order valence-corrected chi connectivity index (χ0v) is 6.68. The van der Waals surface area contributed by atoms with Gasteiger partial charge in [-0.1, -0.05) is 17.3 Å². The van der Waals surface area contributed by atoms with Gasteiger partial charge in [-0.15, -0.1) is 15.3 Å². The van der Waals surface area contributed by atoms with E-state index in [0.29, 0.717) is 5.82 Å². The highest BCUT2D eigenvalue weighted by Gasteiger charge is 1.90. The van der Waals surface area contributed by atoms with Crippen molar-refractivity contribution in [1.29, 1.82) is 0 Å². The Bertz CT molecular complexity index is 378. The second kappa shape index (κ2) is 3.57. The molecule has 0 spiro atoms. The number of hydrogen-bond acceptors (Lipinski definition) is 4. The van der Waals surface area contributed by atoms with E-state index in [1.165, 1.54) is 0 Å². The molecule has 5 heteroatoms. The van der Waals surface area contributed by atoms with Crippen molar-refractivity contribution in [3.05, 3.63) is 36.5 Å². The van der Waals surface area contributed by atoms with Gasteiger partial charge in [-0.2, -0.15) is 0 Å². The molecule has 0 aliphatic carbocycles. The van der Waals surface area contributed by atoms with Crippen LogP contribution in [0.2, 0.25) is 0 Å². The molecule has 0 unspecified atom stereocenters. The molecule has 13 heavy (non-hydrogen) atoms. The molecule has 1 heterocycles. The molecule has 0 saturated heterocycles. The minimum atomic E-state index is 0.466. The van der Waals surface area contributed by atoms with Gasteiger partial charge in [-0.25, -0.2) is 0 Å². The fourth-order valence-electron chi connectivity index (χ4n) is 0.798. The third kappa shape index (κ3) is 1.96. The minimum Gasteiger partial charge on any atom is -0.263 e. The van der Waals surface area contributed by atoms with Crippen molar-refractivity contribution in [1.82, 2.24) is 15.4 Å². The number of hydrogen-bond donors (Lipinski definition) is 1. The maximum atomic E-state index is 3.93. The van der Waals surface area contributed by atoms with Gasteiger partial charge in [0.15, 0.2) is 0 Å². The molecule has 2 rings (SSSR count). The van der Waals surface area contributed by atoms with Crippen LogP contribution in [0.3, 0.4) is 0 Å². The van der Waals surface area contributed by atoms with E-state index in [-0.39, 0.29) is 0 Å². The van der Waals surface area contributed by atoms with Crippen molar-refractivity contribution in [3.8, 4) is 0 Å². The van der Waals surface area contributed by atoms with Crippen LogP contribution in [0.1, 0.15) is 0 Å². The number of azo groups is 1. The summed E-state index contributed by atoms with van der Waals surface area (Å²) in [5, 5.41) is 17.5. The number of nitrogens with zero attached hydrogens (tertiary/aromatic N) is 4. The normalized spacial score (nSPS) is 10.8. The lowest BCUT2D eigenvalue weighted by Gasteiger charge is -1.86. The van der Waals surface area contributed by atoms with E-state index < -0.39 is 0 Å². The smallest absolute Gasteiger partial charge is 0.215 e. The first-order valence-corrected chi connectivity index (χ1v) is 3.69. The van der Waals surface area contributed by atoms with E-state index in [9.17, 15) is 0 Å². The molecule has 0 amide bonds. The molecule has 0 atom stereocenters. The molecule has 2 aromatic rings. The second-order valence-corrected chi connectivity index (χ2v) is 2.29. The molecule has 0 saturated carbocycles. The van der Waals surface area contributed by atoms with E-state index in [4.69, 9.17) is 0 Å². The Morgan fingerprint density at radius 3 is 2.77 bits per heavy atom. The Balaban J connectivity index is 2.15. The maximum absolute atomic E-state index is 3.93. The minimum absolute atomic E-state index is 0.466. The summed E-state index contributed by atoms with van der Waals surface area (Å²) in [5.74, 6) is 0.466. The average molecular weight is 172 g/mol. The van der Waals surface area contributed by atoms with Crippen LogP contribution in [0.5, 0.6) is 0 Å². The van der Waals surface area contributed by atoms with Gasteiger partial charge in [0.2, 0.25) is 5.82 Å². The Kier molecular flexibility index (Phi) is 2.09. The van der Waals surface area contributed by atoms with Crippen LogP contribution < -0.4 is 0 Å². The molecule has 0 aliphatic heterocycles. The van der Waals surface area contributed by atoms with E-state index in [2.05, 4.69) is 31.7 Å². The van der Waals surface area contributed by atoms with Crippen molar-refractivity contribution >= 4 is 11.5 Å².